The number of hydrogen-bond donors (Lipinski definition) is 0. The summed E-state index contributed by atoms with van der Waals surface area (Å²) in [6.45, 7) is 0.258. The summed E-state index contributed by atoms with van der Waals surface area (Å²) in [6.07, 6.45) is 0.0629. The Morgan fingerprint density at radius 2 is 2.00 bits per heavy atom. The number of rotatable bonds is 5. The van der Waals surface area contributed by atoms with Crippen LogP contribution < -0.4 is 10.5 Å². The fourth-order valence-corrected chi connectivity index (χ4v) is 2.58. The van der Waals surface area contributed by atoms with Gasteiger partial charge in [0.25, 0.3) is 0 Å². The van der Waals surface area contributed by atoms with Crippen LogP contribution in [0.1, 0.15) is 17.0 Å². The molecule has 0 aliphatic rings. The van der Waals surface area contributed by atoms with Gasteiger partial charge in [0.05, 0.1) is 13.7 Å². The van der Waals surface area contributed by atoms with Crippen LogP contribution in [0.4, 0.5) is 4.39 Å². The zero-order valence-electron chi connectivity index (χ0n) is 12.8. The van der Waals surface area contributed by atoms with Crippen molar-refractivity contribution in [2.24, 2.45) is 0 Å². The molecule has 0 amide bonds. The molecular weight excluding hydrogens is 335 g/mol. The van der Waals surface area contributed by atoms with Gasteiger partial charge in [0, 0.05) is 17.0 Å². The first kappa shape index (κ1) is 16.3. The van der Waals surface area contributed by atoms with E-state index in [4.69, 9.17) is 20.9 Å². The molecule has 0 radical (unpaired) electrons. The molecular formula is C17H14ClFN2O3. The van der Waals surface area contributed by atoms with Crippen LogP contribution >= 0.6 is 11.6 Å². The largest absolute Gasteiger partial charge is 0.497 e. The molecule has 24 heavy (non-hydrogen) atoms. The molecule has 0 saturated carbocycles. The van der Waals surface area contributed by atoms with Gasteiger partial charge in [-0.1, -0.05) is 35.0 Å². The highest BCUT2D eigenvalue weighted by molar-refractivity contribution is 6.31. The molecule has 0 spiro atoms. The van der Waals surface area contributed by atoms with E-state index in [-0.39, 0.29) is 23.6 Å². The Morgan fingerprint density at radius 1 is 1.25 bits per heavy atom. The predicted molar refractivity (Wildman–Crippen MR) is 87.1 cm³/mol. The van der Waals surface area contributed by atoms with Crippen LogP contribution in [0.3, 0.4) is 0 Å². The van der Waals surface area contributed by atoms with E-state index in [0.717, 1.165) is 11.3 Å². The standard InChI is InChI=1S/C17H14ClFN2O3/c1-23-12-7-5-11(6-8-12)10-21-16(20-24-17(21)22)9-13-14(18)3-2-4-15(13)19/h2-8H,9-10H2,1H3. The maximum Gasteiger partial charge on any atom is 0.441 e. The van der Waals surface area contributed by atoms with Gasteiger partial charge >= 0.3 is 5.76 Å². The minimum Gasteiger partial charge on any atom is -0.497 e. The SMILES string of the molecule is COc1ccc(Cn2c(Cc3c(F)cccc3Cl)noc2=O)cc1. The average Bonchev–Trinajstić information content (AvgIpc) is 2.92. The van der Waals surface area contributed by atoms with Crippen LogP contribution in [0.5, 0.6) is 5.75 Å². The third-order valence-corrected chi connectivity index (χ3v) is 4.01. The second-order valence-electron chi connectivity index (χ2n) is 5.18. The van der Waals surface area contributed by atoms with E-state index in [1.54, 1.807) is 25.3 Å². The van der Waals surface area contributed by atoms with Gasteiger partial charge in [-0.2, -0.15) is 0 Å². The van der Waals surface area contributed by atoms with Gasteiger partial charge in [0.15, 0.2) is 5.82 Å². The van der Waals surface area contributed by atoms with Crippen LogP contribution in [0.2, 0.25) is 5.02 Å². The van der Waals surface area contributed by atoms with Crippen molar-refractivity contribution in [3.05, 3.63) is 80.8 Å². The van der Waals surface area contributed by atoms with E-state index in [9.17, 15) is 9.18 Å². The number of nitrogens with zero attached hydrogens (tertiary/aromatic N) is 2. The van der Waals surface area contributed by atoms with Gasteiger partial charge in [-0.05, 0) is 29.8 Å². The van der Waals surface area contributed by atoms with Crippen molar-refractivity contribution in [3.63, 3.8) is 0 Å². The predicted octanol–water partition coefficient (Wildman–Crippen LogP) is 3.28. The number of methoxy groups -OCH3 is 1. The van der Waals surface area contributed by atoms with Crippen molar-refractivity contribution in [2.45, 2.75) is 13.0 Å². The molecule has 124 valence electrons. The van der Waals surface area contributed by atoms with Gasteiger partial charge in [-0.3, -0.25) is 9.09 Å². The summed E-state index contributed by atoms with van der Waals surface area (Å²) in [4.78, 5) is 11.9. The summed E-state index contributed by atoms with van der Waals surface area (Å²) in [5.41, 5.74) is 1.14. The van der Waals surface area contributed by atoms with Gasteiger partial charge in [-0.25, -0.2) is 9.18 Å². The molecule has 0 aliphatic carbocycles. The monoisotopic (exact) mass is 348 g/mol. The second-order valence-corrected chi connectivity index (χ2v) is 5.58. The molecule has 0 unspecified atom stereocenters. The lowest BCUT2D eigenvalue weighted by Crippen LogP contribution is -2.18. The highest BCUT2D eigenvalue weighted by Crippen LogP contribution is 2.21. The molecule has 0 saturated heterocycles. The van der Waals surface area contributed by atoms with Crippen LogP contribution in [-0.4, -0.2) is 16.8 Å². The summed E-state index contributed by atoms with van der Waals surface area (Å²) >= 11 is 6.03. The van der Waals surface area contributed by atoms with E-state index in [2.05, 4.69) is 5.16 Å². The van der Waals surface area contributed by atoms with Crippen LogP contribution in [0, 0.1) is 5.82 Å². The maximum absolute atomic E-state index is 13.9. The first-order valence-corrected chi connectivity index (χ1v) is 7.57. The first-order valence-electron chi connectivity index (χ1n) is 7.19. The summed E-state index contributed by atoms with van der Waals surface area (Å²) in [5, 5.41) is 4.03. The van der Waals surface area contributed by atoms with Crippen molar-refractivity contribution >= 4 is 11.6 Å². The fourth-order valence-electron chi connectivity index (χ4n) is 2.35. The number of aromatic nitrogens is 2. The summed E-state index contributed by atoms with van der Waals surface area (Å²) in [6, 6.07) is 11.7. The molecule has 5 nitrogen and oxygen atoms in total. The van der Waals surface area contributed by atoms with E-state index in [1.807, 2.05) is 12.1 Å². The number of benzene rings is 2. The number of hydrogen-bond acceptors (Lipinski definition) is 4. The van der Waals surface area contributed by atoms with Crippen molar-refractivity contribution in [1.82, 2.24) is 9.72 Å². The van der Waals surface area contributed by atoms with Gasteiger partial charge < -0.3 is 4.74 Å². The molecule has 0 N–H and O–H groups in total. The van der Waals surface area contributed by atoms with E-state index >= 15 is 0 Å². The normalized spacial score (nSPS) is 10.8. The van der Waals surface area contributed by atoms with Crippen LogP contribution in [-0.2, 0) is 13.0 Å². The number of ether oxygens (including phenoxy) is 1. The van der Waals surface area contributed by atoms with Crippen molar-refractivity contribution in [1.29, 1.82) is 0 Å². The Bertz CT molecular complexity index is 883. The lowest BCUT2D eigenvalue weighted by Gasteiger charge is -2.08. The smallest absolute Gasteiger partial charge is 0.441 e. The zero-order chi connectivity index (χ0) is 17.1. The molecule has 1 aromatic heterocycles. The topological polar surface area (TPSA) is 57.3 Å². The van der Waals surface area contributed by atoms with E-state index in [1.165, 1.54) is 16.7 Å². The Morgan fingerprint density at radius 3 is 2.67 bits per heavy atom. The highest BCUT2D eigenvalue weighted by atomic mass is 35.5. The molecule has 2 aromatic carbocycles. The van der Waals surface area contributed by atoms with E-state index < -0.39 is 11.6 Å². The number of halogens is 2. The summed E-state index contributed by atoms with van der Waals surface area (Å²) in [7, 11) is 1.58. The molecule has 0 aliphatic heterocycles. The highest BCUT2D eigenvalue weighted by Gasteiger charge is 2.16. The minimum atomic E-state index is -0.603. The van der Waals surface area contributed by atoms with Gasteiger partial charge in [0.1, 0.15) is 11.6 Å². The third kappa shape index (κ3) is 3.33. The molecule has 3 aromatic rings. The van der Waals surface area contributed by atoms with Crippen LogP contribution in [0.25, 0.3) is 0 Å². The molecule has 0 fully saturated rings. The van der Waals surface area contributed by atoms with Crippen molar-refractivity contribution < 1.29 is 13.7 Å². The maximum atomic E-state index is 13.9. The molecule has 0 atom stereocenters. The lowest BCUT2D eigenvalue weighted by atomic mass is 10.1. The molecule has 1 heterocycles. The Balaban J connectivity index is 1.90. The fraction of sp³-hybridized carbons (Fsp3) is 0.176. The lowest BCUT2D eigenvalue weighted by molar-refractivity contribution is 0.375. The zero-order valence-corrected chi connectivity index (χ0v) is 13.6. The summed E-state index contributed by atoms with van der Waals surface area (Å²) < 4.78 is 25.1. The molecule has 7 heteroatoms. The summed E-state index contributed by atoms with van der Waals surface area (Å²) in [5.74, 6) is -0.0279. The van der Waals surface area contributed by atoms with Gasteiger partial charge in [0.2, 0.25) is 0 Å². The first-order chi connectivity index (χ1) is 11.6. The Kier molecular flexibility index (Phi) is 4.66. The Labute approximate surface area is 142 Å². The molecule has 0 bridgehead atoms. The Hall–Kier alpha value is -2.60. The van der Waals surface area contributed by atoms with Crippen LogP contribution in [0.15, 0.2) is 51.8 Å². The average molecular weight is 349 g/mol. The van der Waals surface area contributed by atoms with Gasteiger partial charge in [-0.15, -0.1) is 0 Å². The minimum absolute atomic E-state index is 0.0629. The van der Waals surface area contributed by atoms with Crippen molar-refractivity contribution in [3.8, 4) is 5.75 Å². The third-order valence-electron chi connectivity index (χ3n) is 3.66. The quantitative estimate of drug-likeness (QED) is 0.710. The molecule has 3 rings (SSSR count). The van der Waals surface area contributed by atoms with E-state index in [0.29, 0.717) is 5.82 Å². The second kappa shape index (κ2) is 6.88. The van der Waals surface area contributed by atoms with Crippen molar-refractivity contribution in [2.75, 3.05) is 7.11 Å².